The number of carbonyl (C=O) groups is 1. The zero-order chi connectivity index (χ0) is 12.4. The molecule has 0 aliphatic rings. The van der Waals surface area contributed by atoms with Crippen molar-refractivity contribution in [1.29, 1.82) is 0 Å². The summed E-state index contributed by atoms with van der Waals surface area (Å²) in [5, 5.41) is 0.141. The fourth-order valence-electron chi connectivity index (χ4n) is 1.37. The van der Waals surface area contributed by atoms with Crippen LogP contribution in [0.4, 0.5) is 8.78 Å². The Balaban J connectivity index is 2.48. The van der Waals surface area contributed by atoms with Crippen LogP contribution in [-0.4, -0.2) is 10.8 Å². The van der Waals surface area contributed by atoms with Gasteiger partial charge in [0.05, 0.1) is 5.02 Å². The van der Waals surface area contributed by atoms with Gasteiger partial charge in [-0.15, -0.1) is 0 Å². The summed E-state index contributed by atoms with van der Waals surface area (Å²) in [6, 6.07) is 5.62. The molecule has 0 radical (unpaired) electrons. The Labute approximate surface area is 101 Å². The highest BCUT2D eigenvalue weighted by Crippen LogP contribution is 2.18. The van der Waals surface area contributed by atoms with E-state index in [1.165, 1.54) is 12.3 Å². The van der Waals surface area contributed by atoms with E-state index in [0.29, 0.717) is 6.07 Å². The molecule has 1 aromatic heterocycles. The van der Waals surface area contributed by atoms with Crippen molar-refractivity contribution in [1.82, 2.24) is 4.98 Å². The molecule has 1 heterocycles. The molecule has 0 bridgehead atoms. The molecule has 0 unspecified atom stereocenters. The van der Waals surface area contributed by atoms with Crippen LogP contribution in [0, 0.1) is 11.6 Å². The number of pyridine rings is 1. The average Bonchev–Trinajstić information content (AvgIpc) is 2.27. The van der Waals surface area contributed by atoms with E-state index in [9.17, 15) is 13.6 Å². The summed E-state index contributed by atoms with van der Waals surface area (Å²) in [7, 11) is 0. The normalized spacial score (nSPS) is 10.3. The van der Waals surface area contributed by atoms with Crippen LogP contribution >= 0.6 is 11.6 Å². The molecule has 2 aromatic rings. The van der Waals surface area contributed by atoms with Crippen LogP contribution in [-0.2, 0) is 0 Å². The highest BCUT2D eigenvalue weighted by molar-refractivity contribution is 6.34. The van der Waals surface area contributed by atoms with Crippen molar-refractivity contribution in [2.24, 2.45) is 0 Å². The molecule has 5 heteroatoms. The van der Waals surface area contributed by atoms with E-state index in [-0.39, 0.29) is 16.3 Å². The summed E-state index contributed by atoms with van der Waals surface area (Å²) in [4.78, 5) is 15.7. The third-order valence-electron chi connectivity index (χ3n) is 2.10. The number of rotatable bonds is 2. The molecule has 2 nitrogen and oxygen atoms in total. The second-order valence-corrected chi connectivity index (χ2v) is 3.73. The molecule has 0 fully saturated rings. The van der Waals surface area contributed by atoms with Crippen LogP contribution in [0.1, 0.15) is 16.1 Å². The molecule has 86 valence electrons. The van der Waals surface area contributed by atoms with Gasteiger partial charge in [-0.1, -0.05) is 11.6 Å². The first-order valence-electron chi connectivity index (χ1n) is 4.69. The van der Waals surface area contributed by atoms with Crippen molar-refractivity contribution in [3.8, 4) is 0 Å². The number of carbonyl (C=O) groups excluding carboxylic acids is 1. The third-order valence-corrected chi connectivity index (χ3v) is 2.40. The molecule has 0 spiro atoms. The first-order chi connectivity index (χ1) is 8.08. The lowest BCUT2D eigenvalue weighted by Crippen LogP contribution is -2.05. The molecule has 0 amide bonds. The number of benzene rings is 1. The van der Waals surface area contributed by atoms with E-state index < -0.39 is 17.4 Å². The lowest BCUT2D eigenvalue weighted by Gasteiger charge is -2.02. The third kappa shape index (κ3) is 2.47. The minimum absolute atomic E-state index is 0.0285. The molecule has 0 aliphatic heterocycles. The second kappa shape index (κ2) is 4.59. The van der Waals surface area contributed by atoms with Gasteiger partial charge in [-0.2, -0.15) is 0 Å². The zero-order valence-electron chi connectivity index (χ0n) is 8.45. The predicted octanol–water partition coefficient (Wildman–Crippen LogP) is 3.24. The van der Waals surface area contributed by atoms with Crippen molar-refractivity contribution < 1.29 is 13.6 Å². The van der Waals surface area contributed by atoms with Gasteiger partial charge < -0.3 is 0 Å². The van der Waals surface area contributed by atoms with Crippen LogP contribution in [0.25, 0.3) is 0 Å². The van der Waals surface area contributed by atoms with Crippen LogP contribution in [0.5, 0.6) is 0 Å². The number of halogens is 3. The van der Waals surface area contributed by atoms with Crippen molar-refractivity contribution in [3.63, 3.8) is 0 Å². The Hall–Kier alpha value is -1.81. The molecule has 17 heavy (non-hydrogen) atoms. The number of hydrogen-bond donors (Lipinski definition) is 0. The van der Waals surface area contributed by atoms with Gasteiger partial charge in [-0.05, 0) is 24.3 Å². The summed E-state index contributed by atoms with van der Waals surface area (Å²) in [5.41, 5.74) is -0.151. The number of aromatic nitrogens is 1. The monoisotopic (exact) mass is 253 g/mol. The number of ketones is 1. The molecule has 0 N–H and O–H groups in total. The summed E-state index contributed by atoms with van der Waals surface area (Å²) in [5.74, 6) is -2.25. The van der Waals surface area contributed by atoms with E-state index in [1.54, 1.807) is 6.07 Å². The van der Waals surface area contributed by atoms with Gasteiger partial charge in [-0.25, -0.2) is 8.78 Å². The van der Waals surface area contributed by atoms with E-state index in [4.69, 9.17) is 11.6 Å². The summed E-state index contributed by atoms with van der Waals surface area (Å²) < 4.78 is 25.9. The summed E-state index contributed by atoms with van der Waals surface area (Å²) >= 11 is 5.78. The van der Waals surface area contributed by atoms with Crippen molar-refractivity contribution in [3.05, 3.63) is 64.4 Å². The van der Waals surface area contributed by atoms with Crippen LogP contribution in [0.2, 0.25) is 5.02 Å². The molecule has 1 aromatic carbocycles. The minimum Gasteiger partial charge on any atom is -0.287 e. The van der Waals surface area contributed by atoms with Gasteiger partial charge in [0.1, 0.15) is 17.3 Å². The fourth-order valence-corrected chi connectivity index (χ4v) is 1.58. The van der Waals surface area contributed by atoms with E-state index in [0.717, 1.165) is 12.1 Å². The molecule has 0 saturated heterocycles. The quantitative estimate of drug-likeness (QED) is 0.769. The lowest BCUT2D eigenvalue weighted by atomic mass is 10.1. The lowest BCUT2D eigenvalue weighted by molar-refractivity contribution is 0.103. The zero-order valence-corrected chi connectivity index (χ0v) is 9.21. The van der Waals surface area contributed by atoms with Crippen molar-refractivity contribution in [2.45, 2.75) is 0 Å². The predicted molar refractivity (Wildman–Crippen MR) is 59.0 cm³/mol. The highest BCUT2D eigenvalue weighted by Gasteiger charge is 2.15. The van der Waals surface area contributed by atoms with Gasteiger partial charge in [0.15, 0.2) is 0 Å². The highest BCUT2D eigenvalue weighted by atomic mass is 35.5. The topological polar surface area (TPSA) is 30.0 Å². The maximum atomic E-state index is 13.0. The van der Waals surface area contributed by atoms with Crippen molar-refractivity contribution >= 4 is 17.4 Å². The van der Waals surface area contributed by atoms with Crippen molar-refractivity contribution in [2.75, 3.05) is 0 Å². The molecule has 0 aliphatic carbocycles. The Morgan fingerprint density at radius 1 is 1.18 bits per heavy atom. The van der Waals surface area contributed by atoms with E-state index in [1.807, 2.05) is 0 Å². The molecule has 2 rings (SSSR count). The standard InChI is InChI=1S/C12H6ClF2NO/c13-10-2-1-3-16-11(10)12(17)7-4-8(14)6-9(15)5-7/h1-6H. The SMILES string of the molecule is O=C(c1cc(F)cc(F)c1)c1ncccc1Cl. The summed E-state index contributed by atoms with van der Waals surface area (Å²) in [6.07, 6.45) is 1.38. The Kier molecular flexibility index (Phi) is 3.15. The largest absolute Gasteiger partial charge is 0.287 e. The van der Waals surface area contributed by atoms with Gasteiger partial charge in [-0.3, -0.25) is 9.78 Å². The Morgan fingerprint density at radius 3 is 2.41 bits per heavy atom. The fraction of sp³-hybridized carbons (Fsp3) is 0. The average molecular weight is 254 g/mol. The van der Waals surface area contributed by atoms with E-state index >= 15 is 0 Å². The number of hydrogen-bond acceptors (Lipinski definition) is 2. The van der Waals surface area contributed by atoms with Crippen LogP contribution in [0.15, 0.2) is 36.5 Å². The maximum absolute atomic E-state index is 13.0. The maximum Gasteiger partial charge on any atom is 0.213 e. The van der Waals surface area contributed by atoms with Gasteiger partial charge >= 0.3 is 0 Å². The summed E-state index contributed by atoms with van der Waals surface area (Å²) in [6.45, 7) is 0. The minimum atomic E-state index is -0.819. The molecule has 0 saturated carbocycles. The van der Waals surface area contributed by atoms with Gasteiger partial charge in [0, 0.05) is 17.8 Å². The van der Waals surface area contributed by atoms with Crippen LogP contribution in [0.3, 0.4) is 0 Å². The Bertz CT molecular complexity index is 566. The molecular weight excluding hydrogens is 248 g/mol. The first-order valence-corrected chi connectivity index (χ1v) is 5.07. The van der Waals surface area contributed by atoms with E-state index in [2.05, 4.69) is 4.98 Å². The van der Waals surface area contributed by atoms with Crippen LogP contribution < -0.4 is 0 Å². The molecule has 0 atom stereocenters. The van der Waals surface area contributed by atoms with Gasteiger partial charge in [0.2, 0.25) is 5.78 Å². The number of nitrogens with zero attached hydrogens (tertiary/aromatic N) is 1. The second-order valence-electron chi connectivity index (χ2n) is 3.32. The first kappa shape index (κ1) is 11.7. The Morgan fingerprint density at radius 2 is 1.82 bits per heavy atom. The smallest absolute Gasteiger partial charge is 0.213 e. The van der Waals surface area contributed by atoms with Gasteiger partial charge in [0.25, 0.3) is 0 Å². The molecular formula is C12H6ClF2NO.